The van der Waals surface area contributed by atoms with Crippen molar-refractivity contribution in [1.29, 1.82) is 0 Å². The van der Waals surface area contributed by atoms with Crippen LogP contribution in [0.1, 0.15) is 19.3 Å². The van der Waals surface area contributed by atoms with Crippen LogP contribution in [0.25, 0.3) is 0 Å². The summed E-state index contributed by atoms with van der Waals surface area (Å²) in [5.74, 6) is 0.842. The zero-order valence-electron chi connectivity index (χ0n) is 7.05. The molecule has 0 aliphatic heterocycles. The quantitative estimate of drug-likeness (QED) is 0.546. The van der Waals surface area contributed by atoms with Crippen molar-refractivity contribution in [2.24, 2.45) is 5.92 Å². The molecule has 1 radical (unpaired) electrons. The molecular weight excluding hydrogens is 140 g/mol. The molecule has 65 valence electrons. The van der Waals surface area contributed by atoms with Crippen molar-refractivity contribution in [2.75, 3.05) is 26.4 Å². The van der Waals surface area contributed by atoms with Crippen LogP contribution in [0.2, 0.25) is 0 Å². The summed E-state index contributed by atoms with van der Waals surface area (Å²) in [5.41, 5.74) is 0. The molecule has 1 saturated carbocycles. The van der Waals surface area contributed by atoms with Crippen molar-refractivity contribution in [3.63, 3.8) is 0 Å². The Balaban J connectivity index is 1.73. The molecule has 0 N–H and O–H groups in total. The van der Waals surface area contributed by atoms with Gasteiger partial charge in [-0.2, -0.15) is 0 Å². The fraction of sp³-hybridized carbons (Fsp3) is 0.889. The molecule has 0 bridgehead atoms. The second-order valence-electron chi connectivity index (χ2n) is 2.98. The number of rotatable bonds is 6. The summed E-state index contributed by atoms with van der Waals surface area (Å²) in [6.07, 6.45) is 4.11. The largest absolute Gasteiger partial charge is 0.379 e. The summed E-state index contributed by atoms with van der Waals surface area (Å²) in [6.45, 7) is 6.47. The Hall–Kier alpha value is -0.0800. The highest BCUT2D eigenvalue weighted by Gasteiger charge is 2.16. The molecule has 0 amide bonds. The number of hydrogen-bond acceptors (Lipinski definition) is 2. The van der Waals surface area contributed by atoms with Gasteiger partial charge < -0.3 is 9.47 Å². The minimum absolute atomic E-state index is 0.548. The van der Waals surface area contributed by atoms with Crippen molar-refractivity contribution < 1.29 is 9.47 Å². The third kappa shape index (κ3) is 3.73. The van der Waals surface area contributed by atoms with Gasteiger partial charge in [-0.1, -0.05) is 6.42 Å². The van der Waals surface area contributed by atoms with Gasteiger partial charge in [0.25, 0.3) is 0 Å². The zero-order valence-corrected chi connectivity index (χ0v) is 7.05. The lowest BCUT2D eigenvalue weighted by Gasteiger charge is -2.24. The predicted molar refractivity (Wildman–Crippen MR) is 44.3 cm³/mol. The summed E-state index contributed by atoms with van der Waals surface area (Å²) in [6, 6.07) is 0. The monoisotopic (exact) mass is 157 g/mol. The van der Waals surface area contributed by atoms with Gasteiger partial charge in [-0.3, -0.25) is 0 Å². The first kappa shape index (κ1) is 9.01. The molecule has 0 saturated heterocycles. The predicted octanol–water partition coefficient (Wildman–Crippen LogP) is 1.65. The first-order valence-electron chi connectivity index (χ1n) is 4.38. The minimum atomic E-state index is 0.548. The lowest BCUT2D eigenvalue weighted by molar-refractivity contribution is 0.0268. The minimum Gasteiger partial charge on any atom is -0.379 e. The van der Waals surface area contributed by atoms with Crippen molar-refractivity contribution in [3.05, 3.63) is 6.92 Å². The average molecular weight is 157 g/mol. The van der Waals surface area contributed by atoms with E-state index in [0.717, 1.165) is 19.1 Å². The smallest absolute Gasteiger partial charge is 0.0700 e. The third-order valence-electron chi connectivity index (χ3n) is 2.09. The molecule has 1 rings (SSSR count). The highest BCUT2D eigenvalue weighted by Crippen LogP contribution is 2.25. The van der Waals surface area contributed by atoms with E-state index in [0.29, 0.717) is 13.2 Å². The van der Waals surface area contributed by atoms with Crippen molar-refractivity contribution >= 4 is 0 Å². The second-order valence-corrected chi connectivity index (χ2v) is 2.98. The highest BCUT2D eigenvalue weighted by molar-refractivity contribution is 4.68. The van der Waals surface area contributed by atoms with Gasteiger partial charge in [-0.05, 0) is 25.7 Å². The summed E-state index contributed by atoms with van der Waals surface area (Å²) in [5, 5.41) is 0. The lowest BCUT2D eigenvalue weighted by Crippen LogP contribution is -2.18. The van der Waals surface area contributed by atoms with E-state index in [4.69, 9.17) is 9.47 Å². The van der Waals surface area contributed by atoms with Gasteiger partial charge in [-0.25, -0.2) is 0 Å². The summed E-state index contributed by atoms with van der Waals surface area (Å²) >= 11 is 0. The molecule has 0 heterocycles. The van der Waals surface area contributed by atoms with E-state index >= 15 is 0 Å². The van der Waals surface area contributed by atoms with Gasteiger partial charge in [0.1, 0.15) is 0 Å². The normalized spacial score (nSPS) is 18.3. The van der Waals surface area contributed by atoms with Crippen LogP contribution in [0.3, 0.4) is 0 Å². The molecule has 0 spiro atoms. The Morgan fingerprint density at radius 2 is 1.91 bits per heavy atom. The number of hydrogen-bond donors (Lipinski definition) is 0. The molecule has 0 aromatic carbocycles. The Morgan fingerprint density at radius 1 is 1.18 bits per heavy atom. The molecule has 1 aliphatic rings. The lowest BCUT2D eigenvalue weighted by atomic mass is 9.86. The van der Waals surface area contributed by atoms with Crippen LogP contribution < -0.4 is 0 Å². The van der Waals surface area contributed by atoms with Crippen molar-refractivity contribution in [2.45, 2.75) is 19.3 Å². The van der Waals surface area contributed by atoms with Crippen LogP contribution in [0, 0.1) is 12.8 Å². The number of ether oxygens (including phenoxy) is 2. The molecule has 11 heavy (non-hydrogen) atoms. The van der Waals surface area contributed by atoms with Crippen molar-refractivity contribution in [1.82, 2.24) is 0 Å². The molecule has 0 aromatic heterocycles. The Labute approximate surface area is 68.9 Å². The van der Waals surface area contributed by atoms with E-state index in [1.165, 1.54) is 19.3 Å². The van der Waals surface area contributed by atoms with Crippen LogP contribution in [0.4, 0.5) is 0 Å². The maximum absolute atomic E-state index is 5.39. The summed E-state index contributed by atoms with van der Waals surface area (Å²) in [7, 11) is 0. The Morgan fingerprint density at radius 3 is 2.45 bits per heavy atom. The second kappa shape index (κ2) is 5.56. The molecule has 2 nitrogen and oxygen atoms in total. The van der Waals surface area contributed by atoms with Crippen LogP contribution in [-0.2, 0) is 9.47 Å². The third-order valence-corrected chi connectivity index (χ3v) is 2.09. The van der Waals surface area contributed by atoms with Crippen LogP contribution in [0.5, 0.6) is 0 Å². The van der Waals surface area contributed by atoms with Gasteiger partial charge >= 0.3 is 0 Å². The van der Waals surface area contributed by atoms with Crippen LogP contribution >= 0.6 is 0 Å². The van der Waals surface area contributed by atoms with Gasteiger partial charge in [0, 0.05) is 13.2 Å². The molecular formula is C9H17O2. The van der Waals surface area contributed by atoms with E-state index in [1.807, 2.05) is 0 Å². The maximum Gasteiger partial charge on any atom is 0.0700 e. The standard InChI is InChI=1S/C9H17O2/c1-2-10-6-7-11-8-9-4-3-5-9/h9H,1-8H2. The van der Waals surface area contributed by atoms with E-state index in [-0.39, 0.29) is 0 Å². The topological polar surface area (TPSA) is 18.5 Å². The molecule has 0 unspecified atom stereocenters. The summed E-state index contributed by atoms with van der Waals surface area (Å²) in [4.78, 5) is 0. The van der Waals surface area contributed by atoms with Crippen molar-refractivity contribution in [3.8, 4) is 0 Å². The first-order valence-corrected chi connectivity index (χ1v) is 4.38. The maximum atomic E-state index is 5.39. The molecule has 2 heteroatoms. The van der Waals surface area contributed by atoms with Gasteiger partial charge in [0.05, 0.1) is 13.2 Å². The molecule has 1 aliphatic carbocycles. The van der Waals surface area contributed by atoms with Crippen LogP contribution in [-0.4, -0.2) is 26.4 Å². The van der Waals surface area contributed by atoms with Crippen LogP contribution in [0.15, 0.2) is 0 Å². The van der Waals surface area contributed by atoms with E-state index < -0.39 is 0 Å². The zero-order chi connectivity index (χ0) is 7.94. The average Bonchev–Trinajstić information content (AvgIpc) is 1.93. The van der Waals surface area contributed by atoms with E-state index in [2.05, 4.69) is 6.92 Å². The highest BCUT2D eigenvalue weighted by atomic mass is 16.5. The fourth-order valence-corrected chi connectivity index (χ4v) is 1.13. The Bertz CT molecular complexity index is 89.6. The fourth-order valence-electron chi connectivity index (χ4n) is 1.13. The summed E-state index contributed by atoms with van der Waals surface area (Å²) < 4.78 is 10.4. The molecule has 0 aromatic rings. The van der Waals surface area contributed by atoms with Gasteiger partial charge in [-0.15, -0.1) is 0 Å². The first-order chi connectivity index (χ1) is 5.43. The molecule has 1 fully saturated rings. The molecule has 0 atom stereocenters. The van der Waals surface area contributed by atoms with E-state index in [9.17, 15) is 0 Å². The van der Waals surface area contributed by atoms with E-state index in [1.54, 1.807) is 0 Å². The van der Waals surface area contributed by atoms with Gasteiger partial charge in [0.2, 0.25) is 0 Å². The van der Waals surface area contributed by atoms with Gasteiger partial charge in [0.15, 0.2) is 0 Å². The SMILES string of the molecule is [CH2]COCCOCC1CCC1. The Kier molecular flexibility index (Phi) is 4.55.